The highest BCUT2D eigenvalue weighted by atomic mass is 32.1. The molecule has 68 heavy (non-hydrogen) atoms. The van der Waals surface area contributed by atoms with Crippen LogP contribution >= 0.6 is 27.0 Å². The van der Waals surface area contributed by atoms with Gasteiger partial charge in [0.2, 0.25) is 11.8 Å². The number of hydrogen-bond acceptors (Lipinski definition) is 8. The van der Waals surface area contributed by atoms with Gasteiger partial charge >= 0.3 is 12.2 Å². The number of carbonyl (C=O) groups is 4. The van der Waals surface area contributed by atoms with Crippen LogP contribution in [0.25, 0.3) is 22.1 Å². The molecule has 376 valence electrons. The summed E-state index contributed by atoms with van der Waals surface area (Å²) in [6.45, 7) is 27.7. The Hall–Kier alpha value is -4.09. The van der Waals surface area contributed by atoms with Crippen molar-refractivity contribution < 1.29 is 47.3 Å². The molecule has 0 saturated carbocycles. The molecule has 2 aromatic carbocycles. The number of aromatic amines is 2. The van der Waals surface area contributed by atoms with Crippen LogP contribution in [0.3, 0.4) is 0 Å². The third kappa shape index (κ3) is 13.2. The summed E-state index contributed by atoms with van der Waals surface area (Å²) < 4.78 is 28.5. The van der Waals surface area contributed by atoms with Gasteiger partial charge in [-0.05, 0) is 104 Å². The Morgan fingerprint density at radius 1 is 0.632 bits per heavy atom. The molecule has 3 saturated heterocycles. The molecule has 4 amide bonds. The third-order valence-corrected chi connectivity index (χ3v) is 15.7. The molecule has 3 aliphatic rings. The van der Waals surface area contributed by atoms with Crippen LogP contribution in [-0.2, 0) is 42.0 Å². The number of H-pyrrole nitrogens is 2. The van der Waals surface area contributed by atoms with E-state index in [1.165, 1.54) is 0 Å². The number of ether oxygens (including phenoxy) is 4. The highest BCUT2D eigenvalue weighted by Crippen LogP contribution is 2.35. The van der Waals surface area contributed by atoms with Crippen molar-refractivity contribution in [3.05, 3.63) is 48.0 Å². The molecular weight excluding hydrogens is 937 g/mol. The summed E-state index contributed by atoms with van der Waals surface area (Å²) in [4.78, 5) is 69.2. The number of anilines is 2. The van der Waals surface area contributed by atoms with E-state index in [2.05, 4.69) is 58.4 Å². The summed E-state index contributed by atoms with van der Waals surface area (Å²) >= 11 is 0. The number of nitrogens with one attached hydrogen (secondary N) is 2. The van der Waals surface area contributed by atoms with Crippen molar-refractivity contribution in [1.82, 2.24) is 19.8 Å². The number of nitrogens with zero attached hydrogens (tertiary/aromatic N) is 6. The molecule has 2 atom stereocenters. The highest BCUT2D eigenvalue weighted by molar-refractivity contribution is 7.59. The van der Waals surface area contributed by atoms with Crippen molar-refractivity contribution in [2.24, 2.45) is 0 Å². The summed E-state index contributed by atoms with van der Waals surface area (Å²) in [5, 5.41) is 0. The molecule has 2 aromatic heterocycles. The van der Waals surface area contributed by atoms with E-state index >= 15 is 0 Å². The normalized spacial score (nSPS) is 18.4. The minimum Gasteiger partial charge on any atom is -0.444 e. The Morgan fingerprint density at radius 3 is 1.34 bits per heavy atom. The van der Waals surface area contributed by atoms with Gasteiger partial charge in [-0.1, -0.05) is 39.3 Å². The molecule has 0 bridgehead atoms. The quantitative estimate of drug-likeness (QED) is 0.0723. The number of likely N-dealkylation sites (tertiary alicyclic amines) is 2. The van der Waals surface area contributed by atoms with Gasteiger partial charge in [-0.2, -0.15) is 27.0 Å². The van der Waals surface area contributed by atoms with E-state index in [-0.39, 0.29) is 89.6 Å². The zero-order valence-corrected chi connectivity index (χ0v) is 46.5. The Labute approximate surface area is 418 Å². The van der Waals surface area contributed by atoms with Crippen LogP contribution in [0.1, 0.15) is 91.0 Å². The van der Waals surface area contributed by atoms with Crippen molar-refractivity contribution in [2.45, 2.75) is 155 Å². The van der Waals surface area contributed by atoms with Crippen LogP contribution < -0.4 is 18.9 Å². The summed E-state index contributed by atoms with van der Waals surface area (Å²) in [5.74, 6) is 1.23. The van der Waals surface area contributed by atoms with E-state index in [0.29, 0.717) is 37.7 Å². The number of amides is 4. The van der Waals surface area contributed by atoms with Crippen LogP contribution in [0.5, 0.6) is 0 Å². The summed E-state index contributed by atoms with van der Waals surface area (Å²) in [6, 6.07) is 13.0. The van der Waals surface area contributed by atoms with Crippen LogP contribution in [0.2, 0.25) is 51.4 Å². The predicted molar refractivity (Wildman–Crippen MR) is 280 cm³/mol. The van der Waals surface area contributed by atoms with Gasteiger partial charge in [-0.25, -0.2) is 28.7 Å². The van der Waals surface area contributed by atoms with Gasteiger partial charge in [0, 0.05) is 66.0 Å². The predicted octanol–water partition coefficient (Wildman–Crippen LogP) is 8.60. The number of hydrogen-bond donors (Lipinski definition) is 2. The van der Waals surface area contributed by atoms with Crippen LogP contribution in [-0.4, -0.2) is 111 Å². The third-order valence-electron chi connectivity index (χ3n) is 12.3. The van der Waals surface area contributed by atoms with Gasteiger partial charge in [0.1, 0.15) is 36.4 Å². The molecule has 3 fully saturated rings. The average Bonchev–Trinajstić information content (AvgIpc) is 4.01. The first-order chi connectivity index (χ1) is 30.9. The lowest BCUT2D eigenvalue weighted by atomic mass is 10.2. The molecule has 16 nitrogen and oxygen atoms in total. The fourth-order valence-electron chi connectivity index (χ4n) is 8.85. The molecule has 0 aliphatic carbocycles. The Bertz CT molecular complexity index is 2290. The molecule has 5 heterocycles. The summed E-state index contributed by atoms with van der Waals surface area (Å²) in [7, 11) is -2.72. The van der Waals surface area contributed by atoms with E-state index in [1.54, 1.807) is 19.6 Å². The van der Waals surface area contributed by atoms with Crippen molar-refractivity contribution in [1.29, 1.82) is 0 Å². The topological polar surface area (TPSA) is 157 Å². The minimum absolute atomic E-state index is 0. The van der Waals surface area contributed by atoms with Crippen molar-refractivity contribution in [3.63, 3.8) is 0 Å². The van der Waals surface area contributed by atoms with Gasteiger partial charge in [0.05, 0.1) is 0 Å². The maximum atomic E-state index is 14.2. The Balaban J connectivity index is 0.00000432. The van der Waals surface area contributed by atoms with Crippen LogP contribution in [0.4, 0.5) is 21.0 Å². The number of benzene rings is 2. The molecule has 2 N–H and O–H groups in total. The maximum Gasteiger partial charge on any atom is 0.411 e. The highest BCUT2D eigenvalue weighted by Gasteiger charge is 2.42. The van der Waals surface area contributed by atoms with Gasteiger partial charge in [-0.15, -0.1) is 0 Å². The number of piperazine rings is 1. The lowest BCUT2D eigenvalue weighted by Gasteiger charge is -2.33. The first kappa shape index (κ1) is 54.8. The van der Waals surface area contributed by atoms with Crippen molar-refractivity contribution >= 4 is 101 Å². The van der Waals surface area contributed by atoms with Gasteiger partial charge in [-0.3, -0.25) is 19.4 Å². The molecular formula is C48H78N8O8S2Si2+2. The molecule has 0 radical (unpaired) electrons. The maximum absolute atomic E-state index is 14.2. The average molecular weight is 1020 g/mol. The van der Waals surface area contributed by atoms with Crippen molar-refractivity contribution in [3.8, 4) is 0 Å². The van der Waals surface area contributed by atoms with E-state index in [4.69, 9.17) is 18.9 Å². The van der Waals surface area contributed by atoms with Gasteiger partial charge in [0.25, 0.3) is 11.6 Å². The second kappa shape index (κ2) is 21.5. The summed E-state index contributed by atoms with van der Waals surface area (Å²) in [6.07, 6.45) is 2.48. The SMILES string of the molecule is CC(C)(C)OC(=O)N1CCC[C@H]1c1[nH]c2ccc(N3CC(=O)N(c4ccc5[nH]c([C@@H]6CCCN6C(=O)OC(C)(C)C)[n+](COCC[Si](C)(C)C)c5c4)CC3=O)cc2[n+]1COCC[Si](C)(C)C.S.S. The molecule has 0 unspecified atom stereocenters. The molecule has 0 spiro atoms. The fourth-order valence-corrected chi connectivity index (χ4v) is 10.4. The lowest BCUT2D eigenvalue weighted by Crippen LogP contribution is -2.54. The number of imidazole rings is 2. The zero-order valence-electron chi connectivity index (χ0n) is 42.5. The van der Waals surface area contributed by atoms with E-state index in [9.17, 15) is 19.2 Å². The van der Waals surface area contributed by atoms with Gasteiger partial charge in [0.15, 0.2) is 35.5 Å². The monoisotopic (exact) mass is 1010 g/mol. The smallest absolute Gasteiger partial charge is 0.411 e. The van der Waals surface area contributed by atoms with Crippen LogP contribution in [0, 0.1) is 0 Å². The minimum atomic E-state index is -1.36. The van der Waals surface area contributed by atoms with Crippen LogP contribution in [0.15, 0.2) is 36.4 Å². The standard InChI is InChI=1S/C48H72N8O8Si2.2H2S/c1-47(2,3)63-45(59)51-21-13-15-37(51)43-49-35-19-17-33(27-39(35)55(43)31-61-23-25-65(7,8)9)53-29-42(58)54(30-41(53)57)34-18-20-36-40(28-34)56(32-62-24-26-66(10,11)12)44(50-36)38-16-14-22-52(38)46(60)64-48(4,5)6;;/h17-20,27-28,37-38H,13-16,21-26,29-32H2,1-12H3;2*1H2/p+2/t37-,38-;;/m0../s1. The number of aromatic nitrogens is 4. The Morgan fingerprint density at radius 2 is 1.00 bits per heavy atom. The first-order valence-electron chi connectivity index (χ1n) is 23.7. The van der Waals surface area contributed by atoms with Crippen molar-refractivity contribution in [2.75, 3.05) is 49.2 Å². The number of rotatable bonds is 14. The van der Waals surface area contributed by atoms with E-state index in [1.807, 2.05) is 77.9 Å². The molecule has 3 aliphatic heterocycles. The largest absolute Gasteiger partial charge is 0.444 e. The van der Waals surface area contributed by atoms with Gasteiger partial charge < -0.3 is 28.7 Å². The molecule has 7 rings (SSSR count). The fraction of sp³-hybridized carbons (Fsp3) is 0.625. The first-order valence-corrected chi connectivity index (χ1v) is 31.1. The second-order valence-electron chi connectivity index (χ2n) is 22.6. The van der Waals surface area contributed by atoms with E-state index in [0.717, 1.165) is 71.5 Å². The summed E-state index contributed by atoms with van der Waals surface area (Å²) in [5.41, 5.74) is 3.23. The number of carbonyl (C=O) groups excluding carboxylic acids is 4. The lowest BCUT2D eigenvalue weighted by molar-refractivity contribution is -0.717. The second-order valence-corrected chi connectivity index (χ2v) is 33.8. The van der Waals surface area contributed by atoms with E-state index < -0.39 is 27.3 Å². The zero-order chi connectivity index (χ0) is 47.9. The number of fused-ring (bicyclic) bond motifs is 2. The molecule has 20 heteroatoms. The molecule has 4 aromatic rings. The Kier molecular flexibility index (Phi) is 17.3.